The molecule has 4 rings (SSSR count). The molecule has 0 aliphatic heterocycles. The molecule has 0 fully saturated rings. The molecule has 1 atom stereocenters. The third-order valence-corrected chi connectivity index (χ3v) is 5.80. The number of halogens is 2. The number of amides is 1. The first-order valence-electron chi connectivity index (χ1n) is 10.1. The van der Waals surface area contributed by atoms with Gasteiger partial charge in [-0.15, -0.1) is 0 Å². The first kappa shape index (κ1) is 22.4. The summed E-state index contributed by atoms with van der Waals surface area (Å²) in [6.07, 6.45) is 1.71. The molecule has 1 aliphatic carbocycles. The second kappa shape index (κ2) is 9.79. The van der Waals surface area contributed by atoms with Gasteiger partial charge in [0.05, 0.1) is 10.2 Å². The fourth-order valence-corrected chi connectivity index (χ4v) is 3.95. The van der Waals surface area contributed by atoms with E-state index in [0.717, 1.165) is 5.56 Å². The van der Waals surface area contributed by atoms with Crippen molar-refractivity contribution >= 4 is 39.0 Å². The van der Waals surface area contributed by atoms with E-state index in [9.17, 15) is 19.2 Å². The average Bonchev–Trinajstić information content (AvgIpc) is 2.83. The van der Waals surface area contributed by atoms with Gasteiger partial charge in [-0.1, -0.05) is 59.8 Å². The van der Waals surface area contributed by atoms with Crippen LogP contribution in [0.3, 0.4) is 0 Å². The van der Waals surface area contributed by atoms with Gasteiger partial charge in [0, 0.05) is 23.2 Å². The third-order valence-electron chi connectivity index (χ3n) is 5.20. The first-order chi connectivity index (χ1) is 16.0. The number of allylic oxidation sites excluding steroid dienone is 2. The number of nitrogens with one attached hydrogen (secondary N) is 2. The number of hydrogen-bond acceptors (Lipinski definition) is 5. The lowest BCUT2D eigenvalue weighted by molar-refractivity contribution is -0.117. The van der Waals surface area contributed by atoms with Crippen molar-refractivity contribution in [3.63, 3.8) is 0 Å². The highest BCUT2D eigenvalue weighted by Crippen LogP contribution is 2.23. The number of benzene rings is 3. The van der Waals surface area contributed by atoms with Gasteiger partial charge in [-0.25, -0.2) is 4.39 Å². The van der Waals surface area contributed by atoms with E-state index in [1.165, 1.54) is 24.3 Å². The van der Waals surface area contributed by atoms with E-state index in [1.807, 2.05) is 30.3 Å². The third kappa shape index (κ3) is 5.01. The number of anilines is 1. The predicted octanol–water partition coefficient (Wildman–Crippen LogP) is 4.69. The Labute approximate surface area is 198 Å². The summed E-state index contributed by atoms with van der Waals surface area (Å²) in [7, 11) is 0. The fraction of sp³-hybridized carbons (Fsp3) is 0.0800. The Kier molecular flexibility index (Phi) is 6.65. The summed E-state index contributed by atoms with van der Waals surface area (Å²) in [6, 6.07) is 19.5. The predicted molar refractivity (Wildman–Crippen MR) is 127 cm³/mol. The molecule has 33 heavy (non-hydrogen) atoms. The quantitative estimate of drug-likeness (QED) is 0.333. The number of oxime groups is 1. The Bertz CT molecular complexity index is 1270. The summed E-state index contributed by atoms with van der Waals surface area (Å²) in [4.78, 5) is 26.3. The SMILES string of the molecule is O=C1C(N[C@H](Cc2ccccc2)C(=O)Nc2ccc(F)c(Br)c2)=C/C(=N/O)c2ccccc21. The molecule has 0 radical (unpaired) electrons. The topological polar surface area (TPSA) is 90.8 Å². The summed E-state index contributed by atoms with van der Waals surface area (Å²) in [5.41, 5.74) is 2.52. The molecule has 0 bridgehead atoms. The molecule has 3 aromatic carbocycles. The lowest BCUT2D eigenvalue weighted by Gasteiger charge is -2.24. The summed E-state index contributed by atoms with van der Waals surface area (Å²) in [5, 5.41) is 18.5. The standard InChI is InChI=1S/C25H19BrFN3O3/c26-19-13-16(10-11-20(19)27)28-25(32)23(12-15-6-2-1-3-7-15)29-22-14-21(30-33)17-8-4-5-9-18(17)24(22)31/h1-11,13-14,23,29,33H,12H2,(H,28,32)/b30-21-/t23-/m1/s1. The lowest BCUT2D eigenvalue weighted by Crippen LogP contribution is -2.44. The van der Waals surface area contributed by atoms with Crippen LogP contribution in [-0.4, -0.2) is 28.7 Å². The van der Waals surface area contributed by atoms with E-state index in [2.05, 4.69) is 31.7 Å². The number of carbonyl (C=O) groups excluding carboxylic acids is 2. The summed E-state index contributed by atoms with van der Waals surface area (Å²) < 4.78 is 13.8. The maximum absolute atomic E-state index is 13.6. The highest BCUT2D eigenvalue weighted by Gasteiger charge is 2.28. The minimum Gasteiger partial charge on any atom is -0.410 e. The van der Waals surface area contributed by atoms with Gasteiger partial charge in [-0.05, 0) is 45.8 Å². The molecule has 0 saturated carbocycles. The van der Waals surface area contributed by atoms with E-state index < -0.39 is 17.8 Å². The second-order valence-corrected chi connectivity index (χ2v) is 8.28. The maximum atomic E-state index is 13.6. The monoisotopic (exact) mass is 507 g/mol. The highest BCUT2D eigenvalue weighted by molar-refractivity contribution is 9.10. The van der Waals surface area contributed by atoms with Crippen LogP contribution in [0.4, 0.5) is 10.1 Å². The van der Waals surface area contributed by atoms with E-state index in [0.29, 0.717) is 16.8 Å². The number of fused-ring (bicyclic) bond motifs is 1. The van der Waals surface area contributed by atoms with Crippen molar-refractivity contribution in [3.8, 4) is 0 Å². The van der Waals surface area contributed by atoms with Crippen LogP contribution in [0.1, 0.15) is 21.5 Å². The maximum Gasteiger partial charge on any atom is 0.247 e. The van der Waals surface area contributed by atoms with Crippen LogP contribution in [0, 0.1) is 5.82 Å². The van der Waals surface area contributed by atoms with Crippen molar-refractivity contribution in [1.29, 1.82) is 0 Å². The zero-order chi connectivity index (χ0) is 23.4. The number of rotatable bonds is 6. The zero-order valence-electron chi connectivity index (χ0n) is 17.3. The molecule has 0 saturated heterocycles. The lowest BCUT2D eigenvalue weighted by atomic mass is 9.91. The van der Waals surface area contributed by atoms with E-state index in [4.69, 9.17) is 0 Å². The number of Topliss-reactive ketones (excluding diaryl/α,β-unsaturated/α-hetero) is 1. The Morgan fingerprint density at radius 1 is 1.03 bits per heavy atom. The fourth-order valence-electron chi connectivity index (χ4n) is 3.57. The Balaban J connectivity index is 1.63. The van der Waals surface area contributed by atoms with Crippen LogP contribution in [-0.2, 0) is 11.2 Å². The van der Waals surface area contributed by atoms with Crippen LogP contribution in [0.2, 0.25) is 0 Å². The van der Waals surface area contributed by atoms with Gasteiger partial charge >= 0.3 is 0 Å². The van der Waals surface area contributed by atoms with Crippen molar-refractivity contribution in [3.05, 3.63) is 112 Å². The molecule has 0 aromatic heterocycles. The minimum absolute atomic E-state index is 0.137. The number of nitrogens with zero attached hydrogens (tertiary/aromatic N) is 1. The van der Waals surface area contributed by atoms with E-state index in [-0.39, 0.29) is 28.1 Å². The van der Waals surface area contributed by atoms with Crippen molar-refractivity contribution in [2.45, 2.75) is 12.5 Å². The van der Waals surface area contributed by atoms with E-state index in [1.54, 1.807) is 24.3 Å². The van der Waals surface area contributed by atoms with E-state index >= 15 is 0 Å². The van der Waals surface area contributed by atoms with Crippen molar-refractivity contribution < 1.29 is 19.2 Å². The normalized spacial score (nSPS) is 14.9. The molecule has 166 valence electrons. The number of carbonyl (C=O) groups is 2. The molecule has 3 N–H and O–H groups in total. The largest absolute Gasteiger partial charge is 0.410 e. The van der Waals surface area contributed by atoms with Gasteiger partial charge in [0.25, 0.3) is 0 Å². The molecular formula is C25H19BrFN3O3. The van der Waals surface area contributed by atoms with Gasteiger partial charge < -0.3 is 15.8 Å². The Morgan fingerprint density at radius 2 is 1.73 bits per heavy atom. The molecule has 1 aliphatic rings. The first-order valence-corrected chi connectivity index (χ1v) is 10.9. The van der Waals surface area contributed by atoms with Gasteiger partial charge in [0.15, 0.2) is 0 Å². The van der Waals surface area contributed by atoms with Crippen molar-refractivity contribution in [2.24, 2.45) is 5.16 Å². The van der Waals surface area contributed by atoms with Crippen LogP contribution in [0.15, 0.2) is 94.2 Å². The number of ketones is 1. The minimum atomic E-state index is -0.836. The number of hydrogen-bond donors (Lipinski definition) is 3. The van der Waals surface area contributed by atoms with Crippen LogP contribution in [0.5, 0.6) is 0 Å². The second-order valence-electron chi connectivity index (χ2n) is 7.42. The average molecular weight is 508 g/mol. The molecule has 3 aromatic rings. The summed E-state index contributed by atoms with van der Waals surface area (Å²) in [5.74, 6) is -1.17. The summed E-state index contributed by atoms with van der Waals surface area (Å²) in [6.45, 7) is 0. The molecule has 0 heterocycles. The molecule has 1 amide bonds. The van der Waals surface area contributed by atoms with Gasteiger partial charge in [0.2, 0.25) is 11.7 Å². The van der Waals surface area contributed by atoms with Crippen molar-refractivity contribution in [1.82, 2.24) is 5.32 Å². The Morgan fingerprint density at radius 3 is 2.42 bits per heavy atom. The van der Waals surface area contributed by atoms with Crippen molar-refractivity contribution in [2.75, 3.05) is 5.32 Å². The zero-order valence-corrected chi connectivity index (χ0v) is 18.8. The highest BCUT2D eigenvalue weighted by atomic mass is 79.9. The van der Waals surface area contributed by atoms with Gasteiger partial charge in [0.1, 0.15) is 17.6 Å². The summed E-state index contributed by atoms with van der Waals surface area (Å²) >= 11 is 3.11. The van der Waals surface area contributed by atoms with Crippen LogP contribution in [0.25, 0.3) is 0 Å². The van der Waals surface area contributed by atoms with Gasteiger partial charge in [-0.3, -0.25) is 9.59 Å². The molecule has 8 heteroatoms. The molecular weight excluding hydrogens is 489 g/mol. The van der Waals surface area contributed by atoms with Gasteiger partial charge in [-0.2, -0.15) is 0 Å². The van der Waals surface area contributed by atoms with Crippen LogP contribution >= 0.6 is 15.9 Å². The molecule has 0 spiro atoms. The smallest absolute Gasteiger partial charge is 0.247 e. The Hall–Kier alpha value is -3.78. The molecule has 0 unspecified atom stereocenters. The molecule has 6 nitrogen and oxygen atoms in total. The van der Waals surface area contributed by atoms with Crippen LogP contribution < -0.4 is 10.6 Å².